The molecule has 2 N–H and O–H groups in total. The number of hydrogen-bond acceptors (Lipinski definition) is 5. The van der Waals surface area contributed by atoms with E-state index in [1.807, 2.05) is 29.8 Å². The van der Waals surface area contributed by atoms with Crippen LogP contribution in [0, 0.1) is 0 Å². The van der Waals surface area contributed by atoms with Gasteiger partial charge in [0.25, 0.3) is 0 Å². The van der Waals surface area contributed by atoms with Crippen LogP contribution in [0.15, 0.2) is 24.4 Å². The Morgan fingerprint density at radius 3 is 3.05 bits per heavy atom. The van der Waals surface area contributed by atoms with Gasteiger partial charge in [-0.15, -0.1) is 0 Å². The van der Waals surface area contributed by atoms with Crippen LogP contribution in [0.25, 0.3) is 10.9 Å². The fourth-order valence-corrected chi connectivity index (χ4v) is 1.88. The number of carbonyl (C=O) groups is 1. The number of aryl methyl sites for hydroxylation is 1. The van der Waals surface area contributed by atoms with E-state index in [4.69, 9.17) is 0 Å². The van der Waals surface area contributed by atoms with Gasteiger partial charge in [0, 0.05) is 17.6 Å². The number of anilines is 1. The fourth-order valence-electron chi connectivity index (χ4n) is 1.88. The van der Waals surface area contributed by atoms with Crippen LogP contribution in [-0.4, -0.2) is 40.6 Å². The quantitative estimate of drug-likeness (QED) is 0.787. The summed E-state index contributed by atoms with van der Waals surface area (Å²) in [5.74, 6) is -0.646. The van der Waals surface area contributed by atoms with Crippen molar-refractivity contribution in [1.29, 1.82) is 0 Å². The maximum Gasteiger partial charge on any atom is 0.336 e. The highest BCUT2D eigenvalue weighted by molar-refractivity contribution is 5.82. The third kappa shape index (κ3) is 2.85. The summed E-state index contributed by atoms with van der Waals surface area (Å²) in [4.78, 5) is 11.1. The van der Waals surface area contributed by atoms with Gasteiger partial charge in [-0.25, -0.2) is 4.79 Å². The average molecular weight is 263 g/mol. The van der Waals surface area contributed by atoms with Crippen LogP contribution in [0.1, 0.15) is 6.92 Å². The van der Waals surface area contributed by atoms with Crippen LogP contribution in [0.2, 0.25) is 0 Å². The zero-order valence-corrected chi connectivity index (χ0v) is 11.0. The van der Waals surface area contributed by atoms with E-state index in [0.29, 0.717) is 0 Å². The molecule has 102 valence electrons. The predicted octanol–water partition coefficient (Wildman–Crippen LogP) is 1.00. The van der Waals surface area contributed by atoms with E-state index in [2.05, 4.69) is 15.2 Å². The molecule has 0 bridgehead atoms. The number of methoxy groups -OCH3 is 1. The van der Waals surface area contributed by atoms with Crippen molar-refractivity contribution in [2.24, 2.45) is 0 Å². The zero-order valence-electron chi connectivity index (χ0n) is 11.0. The Kier molecular flexibility index (Phi) is 4.01. The second-order valence-corrected chi connectivity index (χ2v) is 4.15. The number of aliphatic hydroxyl groups excluding tert-OH is 1. The first kappa shape index (κ1) is 13.4. The van der Waals surface area contributed by atoms with Gasteiger partial charge in [0.05, 0.1) is 25.4 Å². The number of hydrogen-bond donors (Lipinski definition) is 2. The zero-order chi connectivity index (χ0) is 13.8. The largest absolute Gasteiger partial charge is 0.467 e. The third-order valence-corrected chi connectivity index (χ3v) is 2.91. The molecular weight excluding hydrogens is 246 g/mol. The van der Waals surface area contributed by atoms with Gasteiger partial charge in [0.1, 0.15) is 0 Å². The highest BCUT2D eigenvalue weighted by atomic mass is 16.5. The summed E-state index contributed by atoms with van der Waals surface area (Å²) in [6.07, 6.45) is 0.625. The minimum Gasteiger partial charge on any atom is -0.467 e. The number of aliphatic hydroxyl groups is 1. The van der Waals surface area contributed by atoms with E-state index in [-0.39, 0.29) is 6.54 Å². The van der Waals surface area contributed by atoms with Crippen LogP contribution < -0.4 is 5.32 Å². The first-order chi connectivity index (χ1) is 9.15. The summed E-state index contributed by atoms with van der Waals surface area (Å²) in [5, 5.41) is 17.7. The molecule has 0 radical (unpaired) electrons. The first-order valence-corrected chi connectivity index (χ1v) is 6.11. The van der Waals surface area contributed by atoms with Crippen molar-refractivity contribution >= 4 is 22.6 Å². The molecule has 1 aromatic heterocycles. The topological polar surface area (TPSA) is 76.4 Å². The van der Waals surface area contributed by atoms with Gasteiger partial charge in [0.2, 0.25) is 0 Å². The molecule has 0 amide bonds. The molecule has 19 heavy (non-hydrogen) atoms. The molecule has 1 unspecified atom stereocenters. The minimum absolute atomic E-state index is 0.111. The molecule has 0 saturated carbocycles. The third-order valence-electron chi connectivity index (χ3n) is 2.91. The molecule has 0 spiro atoms. The molecular formula is C13H17N3O3. The highest BCUT2D eigenvalue weighted by Gasteiger charge is 2.14. The normalized spacial score (nSPS) is 12.4. The molecule has 0 aliphatic rings. The van der Waals surface area contributed by atoms with Crippen molar-refractivity contribution in [3.05, 3.63) is 24.4 Å². The minimum atomic E-state index is -1.17. The lowest BCUT2D eigenvalue weighted by molar-refractivity contribution is -0.149. The number of carbonyl (C=O) groups excluding carboxylic acids is 1. The smallest absolute Gasteiger partial charge is 0.336 e. The number of benzene rings is 1. The van der Waals surface area contributed by atoms with Gasteiger partial charge in [-0.05, 0) is 25.1 Å². The number of nitrogens with zero attached hydrogens (tertiary/aromatic N) is 2. The maximum atomic E-state index is 11.1. The monoisotopic (exact) mass is 263 g/mol. The van der Waals surface area contributed by atoms with E-state index in [0.717, 1.165) is 23.1 Å². The summed E-state index contributed by atoms with van der Waals surface area (Å²) in [7, 11) is 1.25. The van der Waals surface area contributed by atoms with Gasteiger partial charge in [-0.1, -0.05) is 0 Å². The van der Waals surface area contributed by atoms with Crippen molar-refractivity contribution < 1.29 is 14.6 Å². The Bertz CT molecular complexity index is 580. The predicted molar refractivity (Wildman–Crippen MR) is 71.9 cm³/mol. The standard InChI is InChI=1S/C13H17N3O3/c1-3-16-11-5-4-10(6-9(11)7-15-16)14-8-12(17)13(18)19-2/h4-7,12,14,17H,3,8H2,1-2H3. The fraction of sp³-hybridized carbons (Fsp3) is 0.385. The van der Waals surface area contributed by atoms with Gasteiger partial charge in [-0.3, -0.25) is 4.68 Å². The van der Waals surface area contributed by atoms with Gasteiger partial charge in [0.15, 0.2) is 6.10 Å². The molecule has 2 aromatic rings. The van der Waals surface area contributed by atoms with Crippen molar-refractivity contribution in [2.75, 3.05) is 19.0 Å². The Labute approximate surface area is 111 Å². The molecule has 1 heterocycles. The lowest BCUT2D eigenvalue weighted by Crippen LogP contribution is -2.29. The van der Waals surface area contributed by atoms with Crippen LogP contribution in [0.3, 0.4) is 0 Å². The van der Waals surface area contributed by atoms with E-state index in [9.17, 15) is 9.90 Å². The summed E-state index contributed by atoms with van der Waals surface area (Å²) < 4.78 is 6.35. The number of fused-ring (bicyclic) bond motifs is 1. The number of aromatic nitrogens is 2. The van der Waals surface area contributed by atoms with E-state index in [1.165, 1.54) is 7.11 Å². The van der Waals surface area contributed by atoms with Crippen molar-refractivity contribution in [3.8, 4) is 0 Å². The van der Waals surface area contributed by atoms with E-state index >= 15 is 0 Å². The van der Waals surface area contributed by atoms with Crippen LogP contribution in [-0.2, 0) is 16.1 Å². The molecule has 2 rings (SSSR count). The molecule has 1 atom stereocenters. The lowest BCUT2D eigenvalue weighted by atomic mass is 10.2. The average Bonchev–Trinajstić information content (AvgIpc) is 2.85. The van der Waals surface area contributed by atoms with Gasteiger partial charge < -0.3 is 15.2 Å². The van der Waals surface area contributed by atoms with Crippen molar-refractivity contribution in [2.45, 2.75) is 19.6 Å². The molecule has 0 fully saturated rings. The lowest BCUT2D eigenvalue weighted by Gasteiger charge is -2.11. The van der Waals surface area contributed by atoms with Crippen LogP contribution in [0.5, 0.6) is 0 Å². The second kappa shape index (κ2) is 5.71. The number of esters is 1. The Morgan fingerprint density at radius 1 is 1.58 bits per heavy atom. The summed E-state index contributed by atoms with van der Waals surface area (Å²) in [6.45, 7) is 2.96. The van der Waals surface area contributed by atoms with Gasteiger partial charge >= 0.3 is 5.97 Å². The summed E-state index contributed by atoms with van der Waals surface area (Å²) >= 11 is 0. The SMILES string of the molecule is CCn1ncc2cc(NCC(O)C(=O)OC)ccc21. The summed E-state index contributed by atoms with van der Waals surface area (Å²) in [5.41, 5.74) is 1.88. The first-order valence-electron chi connectivity index (χ1n) is 6.11. The van der Waals surface area contributed by atoms with E-state index < -0.39 is 12.1 Å². The number of rotatable bonds is 5. The maximum absolute atomic E-state index is 11.1. The molecule has 6 nitrogen and oxygen atoms in total. The second-order valence-electron chi connectivity index (χ2n) is 4.15. The molecule has 1 aromatic carbocycles. The molecule has 6 heteroatoms. The van der Waals surface area contributed by atoms with Crippen molar-refractivity contribution in [3.63, 3.8) is 0 Å². The van der Waals surface area contributed by atoms with E-state index in [1.54, 1.807) is 6.20 Å². The Hall–Kier alpha value is -2.08. The molecule has 0 aliphatic heterocycles. The number of ether oxygens (including phenoxy) is 1. The van der Waals surface area contributed by atoms with Crippen LogP contribution in [0.4, 0.5) is 5.69 Å². The number of nitrogens with one attached hydrogen (secondary N) is 1. The summed E-state index contributed by atoms with van der Waals surface area (Å²) in [6, 6.07) is 5.78. The Morgan fingerprint density at radius 2 is 2.37 bits per heavy atom. The van der Waals surface area contributed by atoms with Gasteiger partial charge in [-0.2, -0.15) is 5.10 Å². The molecule has 0 saturated heterocycles. The highest BCUT2D eigenvalue weighted by Crippen LogP contribution is 2.18. The van der Waals surface area contributed by atoms with Crippen LogP contribution >= 0.6 is 0 Å². The van der Waals surface area contributed by atoms with Crippen molar-refractivity contribution in [1.82, 2.24) is 9.78 Å². The Balaban J connectivity index is 2.07. The molecule has 0 aliphatic carbocycles.